The summed E-state index contributed by atoms with van der Waals surface area (Å²) >= 11 is 5.66. The predicted molar refractivity (Wildman–Crippen MR) is 54.8 cm³/mol. The molecule has 0 aliphatic carbocycles. The van der Waals surface area contributed by atoms with Crippen molar-refractivity contribution < 1.29 is 14.8 Å². The summed E-state index contributed by atoms with van der Waals surface area (Å²) in [5, 5.41) is 18.0. The highest BCUT2D eigenvalue weighted by atomic mass is 35.5. The topological polar surface area (TPSA) is 62.6 Å². The van der Waals surface area contributed by atoms with Crippen LogP contribution in [0.4, 0.5) is 0 Å². The Balaban J connectivity index is 2.95. The Kier molecular flexibility index (Phi) is 3.74. The van der Waals surface area contributed by atoms with Gasteiger partial charge in [0.1, 0.15) is 5.15 Å². The molecule has 1 aromatic rings. The Morgan fingerprint density at radius 1 is 1.43 bits per heavy atom. The second-order valence-corrected chi connectivity index (χ2v) is 3.49. The Labute approximate surface area is 87.6 Å². The molecule has 0 amide bonds. The minimum absolute atomic E-state index is 0.0374. The van der Waals surface area contributed by atoms with E-state index in [4.69, 9.17) is 26.4 Å². The van der Waals surface area contributed by atoms with Gasteiger partial charge in [-0.15, -0.1) is 0 Å². The zero-order valence-electron chi connectivity index (χ0n) is 7.94. The van der Waals surface area contributed by atoms with Crippen LogP contribution in [0.15, 0.2) is 12.1 Å². The number of pyridine rings is 1. The van der Waals surface area contributed by atoms with E-state index in [0.29, 0.717) is 0 Å². The van der Waals surface area contributed by atoms with Gasteiger partial charge in [0, 0.05) is 6.07 Å². The molecule has 0 fully saturated rings. The Bertz CT molecular complexity index is 319. The smallest absolute Gasteiger partial charge is 0.475 e. The van der Waals surface area contributed by atoms with E-state index >= 15 is 0 Å². The second-order valence-electron chi connectivity index (χ2n) is 3.10. The monoisotopic (exact) mass is 215 g/mol. The van der Waals surface area contributed by atoms with E-state index in [1.807, 2.05) is 13.8 Å². The Morgan fingerprint density at radius 2 is 2.07 bits per heavy atom. The molecule has 0 aromatic carbocycles. The molecule has 0 unspecified atom stereocenters. The maximum absolute atomic E-state index is 8.92. The highest BCUT2D eigenvalue weighted by Gasteiger charge is 2.14. The van der Waals surface area contributed by atoms with Gasteiger partial charge in [-0.25, -0.2) is 4.98 Å². The van der Waals surface area contributed by atoms with Gasteiger partial charge >= 0.3 is 7.12 Å². The molecule has 1 rings (SSSR count). The van der Waals surface area contributed by atoms with Crippen molar-refractivity contribution in [3.8, 4) is 5.88 Å². The van der Waals surface area contributed by atoms with Crippen molar-refractivity contribution >= 4 is 24.2 Å². The number of ether oxygens (including phenoxy) is 1. The fourth-order valence-electron chi connectivity index (χ4n) is 0.943. The number of halogens is 1. The van der Waals surface area contributed by atoms with Crippen molar-refractivity contribution in [2.45, 2.75) is 20.0 Å². The number of hydrogen-bond donors (Lipinski definition) is 2. The van der Waals surface area contributed by atoms with E-state index < -0.39 is 7.12 Å². The Morgan fingerprint density at radius 3 is 2.57 bits per heavy atom. The van der Waals surface area contributed by atoms with Crippen LogP contribution in [0, 0.1) is 0 Å². The van der Waals surface area contributed by atoms with Gasteiger partial charge in [-0.3, -0.25) is 0 Å². The summed E-state index contributed by atoms with van der Waals surface area (Å²) in [6.07, 6.45) is -0.0374. The van der Waals surface area contributed by atoms with Crippen molar-refractivity contribution in [3.05, 3.63) is 17.3 Å². The largest absolute Gasteiger partial charge is 0.488 e. The molecule has 0 saturated heterocycles. The predicted octanol–water partition coefficient (Wildman–Crippen LogP) is 0.202. The molecule has 1 aromatic heterocycles. The van der Waals surface area contributed by atoms with Gasteiger partial charge in [-0.1, -0.05) is 11.6 Å². The first kappa shape index (κ1) is 11.3. The third kappa shape index (κ3) is 3.18. The maximum atomic E-state index is 8.92. The third-order valence-corrected chi connectivity index (χ3v) is 1.64. The van der Waals surface area contributed by atoms with Crippen LogP contribution in [0.25, 0.3) is 0 Å². The van der Waals surface area contributed by atoms with E-state index in [2.05, 4.69) is 4.98 Å². The van der Waals surface area contributed by atoms with Gasteiger partial charge in [-0.2, -0.15) is 0 Å². The van der Waals surface area contributed by atoms with Gasteiger partial charge in [-0.05, 0) is 25.4 Å². The van der Waals surface area contributed by atoms with Crippen LogP contribution in [0.5, 0.6) is 5.88 Å². The minimum Gasteiger partial charge on any atom is -0.475 e. The molecule has 1 heterocycles. The average molecular weight is 215 g/mol. The summed E-state index contributed by atoms with van der Waals surface area (Å²) in [4.78, 5) is 3.88. The maximum Gasteiger partial charge on any atom is 0.488 e. The van der Waals surface area contributed by atoms with Crippen molar-refractivity contribution in [2.24, 2.45) is 0 Å². The van der Waals surface area contributed by atoms with Crippen LogP contribution in [0.2, 0.25) is 5.15 Å². The molecule has 4 nitrogen and oxygen atoms in total. The van der Waals surface area contributed by atoms with E-state index in [-0.39, 0.29) is 22.6 Å². The zero-order chi connectivity index (χ0) is 10.7. The molecule has 0 spiro atoms. The van der Waals surface area contributed by atoms with Crippen LogP contribution in [-0.2, 0) is 0 Å². The van der Waals surface area contributed by atoms with E-state index in [1.54, 1.807) is 0 Å². The van der Waals surface area contributed by atoms with Crippen molar-refractivity contribution in [2.75, 3.05) is 0 Å². The van der Waals surface area contributed by atoms with E-state index in [0.717, 1.165) is 0 Å². The number of aromatic nitrogens is 1. The van der Waals surface area contributed by atoms with E-state index in [9.17, 15) is 0 Å². The van der Waals surface area contributed by atoms with E-state index in [1.165, 1.54) is 12.1 Å². The van der Waals surface area contributed by atoms with Crippen LogP contribution in [0.3, 0.4) is 0 Å². The number of hydrogen-bond acceptors (Lipinski definition) is 4. The highest BCUT2D eigenvalue weighted by molar-refractivity contribution is 6.59. The first-order valence-corrected chi connectivity index (χ1v) is 4.57. The van der Waals surface area contributed by atoms with Crippen LogP contribution >= 0.6 is 11.6 Å². The molecule has 0 saturated carbocycles. The highest BCUT2D eigenvalue weighted by Crippen LogP contribution is 2.11. The van der Waals surface area contributed by atoms with Crippen LogP contribution < -0.4 is 10.2 Å². The molecule has 2 N–H and O–H groups in total. The lowest BCUT2D eigenvalue weighted by Gasteiger charge is -2.10. The second kappa shape index (κ2) is 4.64. The molecule has 0 atom stereocenters. The standard InChI is InChI=1S/C8H11BClNO3/c1-5(2)14-8-4-6(9(12)13)3-7(10)11-8/h3-5,12-13H,1-2H3. The lowest BCUT2D eigenvalue weighted by molar-refractivity contribution is 0.233. The van der Waals surface area contributed by atoms with Crippen LogP contribution in [0.1, 0.15) is 13.8 Å². The van der Waals surface area contributed by atoms with Gasteiger partial charge in [0.15, 0.2) is 0 Å². The quantitative estimate of drug-likeness (QED) is 0.559. The SMILES string of the molecule is CC(C)Oc1cc(B(O)O)cc(Cl)n1. The first-order chi connectivity index (χ1) is 6.49. The lowest BCUT2D eigenvalue weighted by Crippen LogP contribution is -2.30. The first-order valence-electron chi connectivity index (χ1n) is 4.19. The average Bonchev–Trinajstić information content (AvgIpc) is 2.01. The molecule has 0 radical (unpaired) electrons. The van der Waals surface area contributed by atoms with Gasteiger partial charge in [0.25, 0.3) is 0 Å². The van der Waals surface area contributed by atoms with Gasteiger partial charge in [0.05, 0.1) is 6.10 Å². The van der Waals surface area contributed by atoms with Crippen molar-refractivity contribution in [1.29, 1.82) is 0 Å². The van der Waals surface area contributed by atoms with Gasteiger partial charge < -0.3 is 14.8 Å². The normalized spacial score (nSPS) is 10.4. The summed E-state index contributed by atoms with van der Waals surface area (Å²) in [6.45, 7) is 3.69. The molecule has 0 aliphatic heterocycles. The fourth-order valence-corrected chi connectivity index (χ4v) is 1.15. The third-order valence-electron chi connectivity index (χ3n) is 1.45. The molecular formula is C8H11BClNO3. The minimum atomic E-state index is -1.56. The lowest BCUT2D eigenvalue weighted by atomic mass is 9.81. The summed E-state index contributed by atoms with van der Waals surface area (Å²) in [7, 11) is -1.56. The zero-order valence-corrected chi connectivity index (χ0v) is 8.69. The van der Waals surface area contributed by atoms with Gasteiger partial charge in [0.2, 0.25) is 5.88 Å². The summed E-state index contributed by atoms with van der Waals surface area (Å²) < 4.78 is 5.27. The molecule has 6 heteroatoms. The molecule has 0 aliphatic rings. The summed E-state index contributed by atoms with van der Waals surface area (Å²) in [6, 6.07) is 2.82. The summed E-state index contributed by atoms with van der Waals surface area (Å²) in [5.74, 6) is 0.288. The molecule has 76 valence electrons. The number of nitrogens with zero attached hydrogens (tertiary/aromatic N) is 1. The Hall–Kier alpha value is -0.775. The molecule has 0 bridgehead atoms. The molecule has 14 heavy (non-hydrogen) atoms. The summed E-state index contributed by atoms with van der Waals surface area (Å²) in [5.41, 5.74) is 0.264. The van der Waals surface area contributed by atoms with Crippen molar-refractivity contribution in [3.63, 3.8) is 0 Å². The number of rotatable bonds is 3. The molecular weight excluding hydrogens is 204 g/mol. The fraction of sp³-hybridized carbons (Fsp3) is 0.375. The van der Waals surface area contributed by atoms with Crippen LogP contribution in [-0.4, -0.2) is 28.3 Å². The van der Waals surface area contributed by atoms with Crippen molar-refractivity contribution in [1.82, 2.24) is 4.98 Å².